The Labute approximate surface area is 114 Å². The van der Waals surface area contributed by atoms with Gasteiger partial charge >= 0.3 is 0 Å². The number of carbonyl (C=O) groups is 1. The minimum absolute atomic E-state index is 0.252. The van der Waals surface area contributed by atoms with Gasteiger partial charge < -0.3 is 15.0 Å². The predicted octanol–water partition coefficient (Wildman–Crippen LogP) is 1.54. The molecule has 1 aliphatic rings. The number of benzene rings is 1. The number of rotatable bonds is 5. The molecule has 0 saturated carbocycles. The molecule has 1 saturated heterocycles. The first-order valence-corrected chi connectivity index (χ1v) is 6.73. The fourth-order valence-electron chi connectivity index (χ4n) is 2.36. The first-order chi connectivity index (χ1) is 9.19. The highest BCUT2D eigenvalue weighted by Crippen LogP contribution is 2.11. The minimum atomic E-state index is 0.252. The van der Waals surface area contributed by atoms with Crippen LogP contribution < -0.4 is 5.32 Å². The molecule has 1 aromatic carbocycles. The van der Waals surface area contributed by atoms with E-state index in [1.165, 1.54) is 11.1 Å². The van der Waals surface area contributed by atoms with Crippen molar-refractivity contribution < 1.29 is 9.53 Å². The molecule has 2 rings (SSSR count). The lowest BCUT2D eigenvalue weighted by Gasteiger charge is -2.30. The van der Waals surface area contributed by atoms with E-state index in [1.54, 1.807) is 7.11 Å². The molecule has 4 heteroatoms. The Morgan fingerprint density at radius 3 is 2.63 bits per heavy atom. The molecule has 104 valence electrons. The van der Waals surface area contributed by atoms with Crippen LogP contribution in [0.5, 0.6) is 0 Å². The van der Waals surface area contributed by atoms with Gasteiger partial charge in [-0.3, -0.25) is 4.79 Å². The molecule has 19 heavy (non-hydrogen) atoms. The first kappa shape index (κ1) is 14.0. The van der Waals surface area contributed by atoms with Crippen LogP contribution in [-0.4, -0.2) is 37.6 Å². The Balaban J connectivity index is 1.80. The lowest BCUT2D eigenvalue weighted by molar-refractivity contribution is -0.132. The van der Waals surface area contributed by atoms with Gasteiger partial charge in [0.2, 0.25) is 5.91 Å². The molecule has 1 N–H and O–H groups in total. The Morgan fingerprint density at radius 2 is 2.00 bits per heavy atom. The van der Waals surface area contributed by atoms with Crippen LogP contribution in [0.3, 0.4) is 0 Å². The van der Waals surface area contributed by atoms with Crippen LogP contribution in [0.15, 0.2) is 24.3 Å². The number of nitrogens with zero attached hydrogens (tertiary/aromatic N) is 1. The summed E-state index contributed by atoms with van der Waals surface area (Å²) in [4.78, 5) is 13.2. The van der Waals surface area contributed by atoms with Crippen LogP contribution in [0, 0.1) is 0 Å². The molecule has 1 amide bonds. The standard InChI is InChI=1S/C15H22N2O2/c1-17-10-14(7-8-15(17)18)16-9-12-3-5-13(6-4-12)11-19-2/h3-6,14,16H,7-11H2,1-2H3. The van der Waals surface area contributed by atoms with E-state index in [0.29, 0.717) is 19.1 Å². The second-order valence-corrected chi connectivity index (χ2v) is 5.14. The molecule has 1 aliphatic heterocycles. The van der Waals surface area contributed by atoms with E-state index in [0.717, 1.165) is 19.5 Å². The predicted molar refractivity (Wildman–Crippen MR) is 74.7 cm³/mol. The summed E-state index contributed by atoms with van der Waals surface area (Å²) in [7, 11) is 3.58. The molecule has 0 radical (unpaired) electrons. The number of likely N-dealkylation sites (N-methyl/N-ethyl adjacent to an activating group) is 1. The van der Waals surface area contributed by atoms with Gasteiger partial charge in [0, 0.05) is 39.7 Å². The lowest BCUT2D eigenvalue weighted by Crippen LogP contribution is -2.46. The summed E-state index contributed by atoms with van der Waals surface area (Å²) in [6.45, 7) is 2.31. The molecule has 0 aliphatic carbocycles. The third kappa shape index (κ3) is 4.04. The maximum atomic E-state index is 11.4. The number of likely N-dealkylation sites (tertiary alicyclic amines) is 1. The molecule has 0 bridgehead atoms. The van der Waals surface area contributed by atoms with Gasteiger partial charge in [0.1, 0.15) is 0 Å². The van der Waals surface area contributed by atoms with E-state index < -0.39 is 0 Å². The molecule has 1 unspecified atom stereocenters. The van der Waals surface area contributed by atoms with Gasteiger partial charge in [0.15, 0.2) is 0 Å². The van der Waals surface area contributed by atoms with E-state index in [-0.39, 0.29) is 5.91 Å². The SMILES string of the molecule is COCc1ccc(CNC2CCC(=O)N(C)C2)cc1. The van der Waals surface area contributed by atoms with Crippen LogP contribution in [0.4, 0.5) is 0 Å². The van der Waals surface area contributed by atoms with Crippen molar-refractivity contribution in [3.63, 3.8) is 0 Å². The van der Waals surface area contributed by atoms with E-state index in [2.05, 4.69) is 29.6 Å². The van der Waals surface area contributed by atoms with Gasteiger partial charge in [-0.15, -0.1) is 0 Å². The van der Waals surface area contributed by atoms with Crippen molar-refractivity contribution >= 4 is 5.91 Å². The zero-order valence-corrected chi connectivity index (χ0v) is 11.7. The van der Waals surface area contributed by atoms with Gasteiger partial charge in [-0.05, 0) is 17.5 Å². The molecule has 1 aromatic rings. The molecule has 1 heterocycles. The van der Waals surface area contributed by atoms with Crippen molar-refractivity contribution in [1.82, 2.24) is 10.2 Å². The summed E-state index contributed by atoms with van der Waals surface area (Å²) in [6.07, 6.45) is 1.59. The van der Waals surface area contributed by atoms with Crippen LogP contribution in [0.1, 0.15) is 24.0 Å². The van der Waals surface area contributed by atoms with E-state index in [9.17, 15) is 4.79 Å². The molecule has 1 atom stereocenters. The average molecular weight is 262 g/mol. The maximum Gasteiger partial charge on any atom is 0.222 e. The van der Waals surface area contributed by atoms with E-state index >= 15 is 0 Å². The number of hydrogen-bond donors (Lipinski definition) is 1. The second-order valence-electron chi connectivity index (χ2n) is 5.14. The molecule has 4 nitrogen and oxygen atoms in total. The van der Waals surface area contributed by atoms with E-state index in [1.807, 2.05) is 11.9 Å². The number of ether oxygens (including phenoxy) is 1. The quantitative estimate of drug-likeness (QED) is 0.875. The zero-order valence-electron chi connectivity index (χ0n) is 11.7. The Kier molecular flexibility index (Phi) is 4.93. The monoisotopic (exact) mass is 262 g/mol. The van der Waals surface area contributed by atoms with Crippen molar-refractivity contribution in [2.24, 2.45) is 0 Å². The zero-order chi connectivity index (χ0) is 13.7. The number of hydrogen-bond acceptors (Lipinski definition) is 3. The van der Waals surface area contributed by atoms with Gasteiger partial charge in [0.05, 0.1) is 6.61 Å². The maximum absolute atomic E-state index is 11.4. The highest BCUT2D eigenvalue weighted by Gasteiger charge is 2.21. The van der Waals surface area contributed by atoms with Gasteiger partial charge in [0.25, 0.3) is 0 Å². The normalized spacial score (nSPS) is 19.8. The highest BCUT2D eigenvalue weighted by molar-refractivity contribution is 5.76. The summed E-state index contributed by atoms with van der Waals surface area (Å²) < 4.78 is 5.09. The minimum Gasteiger partial charge on any atom is -0.380 e. The summed E-state index contributed by atoms with van der Waals surface area (Å²) in [5.74, 6) is 0.252. The average Bonchev–Trinajstić information content (AvgIpc) is 2.42. The summed E-state index contributed by atoms with van der Waals surface area (Å²) in [5, 5.41) is 3.52. The number of amides is 1. The summed E-state index contributed by atoms with van der Waals surface area (Å²) in [5.41, 5.74) is 2.45. The number of carbonyl (C=O) groups excluding carboxylic acids is 1. The molecule has 0 spiro atoms. The largest absolute Gasteiger partial charge is 0.380 e. The van der Waals surface area contributed by atoms with Crippen LogP contribution in [-0.2, 0) is 22.7 Å². The highest BCUT2D eigenvalue weighted by atomic mass is 16.5. The van der Waals surface area contributed by atoms with Crippen molar-refractivity contribution in [2.45, 2.75) is 32.0 Å². The summed E-state index contributed by atoms with van der Waals surface area (Å²) in [6, 6.07) is 8.84. The third-order valence-corrected chi connectivity index (χ3v) is 3.56. The summed E-state index contributed by atoms with van der Waals surface area (Å²) >= 11 is 0. The molecular weight excluding hydrogens is 240 g/mol. The lowest BCUT2D eigenvalue weighted by atomic mass is 10.1. The van der Waals surface area contributed by atoms with E-state index in [4.69, 9.17) is 4.74 Å². The van der Waals surface area contributed by atoms with Gasteiger partial charge in [-0.25, -0.2) is 0 Å². The smallest absolute Gasteiger partial charge is 0.222 e. The van der Waals surface area contributed by atoms with Crippen LogP contribution in [0.2, 0.25) is 0 Å². The number of piperidine rings is 1. The van der Waals surface area contributed by atoms with Crippen molar-refractivity contribution in [2.75, 3.05) is 20.7 Å². The van der Waals surface area contributed by atoms with Gasteiger partial charge in [-0.1, -0.05) is 24.3 Å². The molecule has 1 fully saturated rings. The van der Waals surface area contributed by atoms with Gasteiger partial charge in [-0.2, -0.15) is 0 Å². The number of nitrogens with one attached hydrogen (secondary N) is 1. The fraction of sp³-hybridized carbons (Fsp3) is 0.533. The van der Waals surface area contributed by atoms with Crippen LogP contribution >= 0.6 is 0 Å². The van der Waals surface area contributed by atoms with Crippen molar-refractivity contribution in [3.05, 3.63) is 35.4 Å². The van der Waals surface area contributed by atoms with Crippen molar-refractivity contribution in [1.29, 1.82) is 0 Å². The second kappa shape index (κ2) is 6.68. The molecular formula is C15H22N2O2. The Morgan fingerprint density at radius 1 is 1.32 bits per heavy atom. The Hall–Kier alpha value is -1.39. The van der Waals surface area contributed by atoms with Crippen LogP contribution in [0.25, 0.3) is 0 Å². The van der Waals surface area contributed by atoms with Crippen molar-refractivity contribution in [3.8, 4) is 0 Å². The first-order valence-electron chi connectivity index (χ1n) is 6.73. The topological polar surface area (TPSA) is 41.6 Å². The fourth-order valence-corrected chi connectivity index (χ4v) is 2.36. The Bertz CT molecular complexity index is 417. The number of methoxy groups -OCH3 is 1. The third-order valence-electron chi connectivity index (χ3n) is 3.56. The molecule has 0 aromatic heterocycles.